The monoisotopic (exact) mass is 497 g/mol. The zero-order chi connectivity index (χ0) is 20.7. The predicted molar refractivity (Wildman–Crippen MR) is 124 cm³/mol. The van der Waals surface area contributed by atoms with Gasteiger partial charge in [-0.3, -0.25) is 0 Å². The molecule has 0 aliphatic rings. The summed E-state index contributed by atoms with van der Waals surface area (Å²) in [7, 11) is 0. The van der Waals surface area contributed by atoms with Crippen LogP contribution >= 0.6 is 39.5 Å². The van der Waals surface area contributed by atoms with Gasteiger partial charge in [0.15, 0.2) is 5.69 Å². The SMILES string of the molecule is Oc1[nH]c2ccccc2c1N=Nc1n[nH]c(=S)n1/N=C/c1sc2ccccc2c1Br. The van der Waals surface area contributed by atoms with Gasteiger partial charge in [0.25, 0.3) is 5.95 Å². The van der Waals surface area contributed by atoms with Gasteiger partial charge in [0.2, 0.25) is 10.7 Å². The largest absolute Gasteiger partial charge is 0.493 e. The number of H-pyrrole nitrogens is 2. The van der Waals surface area contributed by atoms with Crippen molar-refractivity contribution in [3.05, 3.63) is 62.7 Å². The Labute approximate surface area is 186 Å². The molecule has 0 aliphatic heterocycles. The number of thiophene rings is 1. The van der Waals surface area contributed by atoms with Crippen LogP contribution in [0.25, 0.3) is 21.0 Å². The van der Waals surface area contributed by atoms with Crippen LogP contribution in [0.3, 0.4) is 0 Å². The van der Waals surface area contributed by atoms with E-state index in [-0.39, 0.29) is 16.6 Å². The van der Waals surface area contributed by atoms with Crippen LogP contribution in [0.15, 0.2) is 68.3 Å². The van der Waals surface area contributed by atoms with Gasteiger partial charge in [-0.25, -0.2) is 5.10 Å². The molecule has 0 radical (unpaired) electrons. The van der Waals surface area contributed by atoms with Crippen molar-refractivity contribution in [1.82, 2.24) is 19.9 Å². The van der Waals surface area contributed by atoms with Gasteiger partial charge in [-0.1, -0.05) is 36.4 Å². The Hall–Kier alpha value is -3.15. The van der Waals surface area contributed by atoms with E-state index in [4.69, 9.17) is 12.2 Å². The number of para-hydroxylation sites is 1. The Kier molecular flexibility index (Phi) is 4.77. The number of hydrogen-bond acceptors (Lipinski definition) is 7. The summed E-state index contributed by atoms with van der Waals surface area (Å²) in [5.41, 5.74) is 1.08. The molecule has 0 saturated carbocycles. The summed E-state index contributed by atoms with van der Waals surface area (Å²) in [6.07, 6.45) is 1.70. The molecular formula is C19H12BrN7OS2. The Morgan fingerprint density at radius 1 is 1.10 bits per heavy atom. The number of aromatic hydroxyl groups is 1. The third-order valence-electron chi connectivity index (χ3n) is 4.38. The van der Waals surface area contributed by atoms with Crippen molar-refractivity contribution in [3.8, 4) is 5.88 Å². The van der Waals surface area contributed by atoms with Crippen molar-refractivity contribution < 1.29 is 5.11 Å². The van der Waals surface area contributed by atoms with Crippen LogP contribution in [-0.4, -0.2) is 31.2 Å². The van der Waals surface area contributed by atoms with Crippen molar-refractivity contribution in [3.63, 3.8) is 0 Å². The smallest absolute Gasteiger partial charge is 0.289 e. The van der Waals surface area contributed by atoms with Crippen LogP contribution in [0.1, 0.15) is 4.88 Å². The Morgan fingerprint density at radius 2 is 1.87 bits per heavy atom. The molecule has 0 atom stereocenters. The number of fused-ring (bicyclic) bond motifs is 2. The highest BCUT2D eigenvalue weighted by molar-refractivity contribution is 9.10. The van der Waals surface area contributed by atoms with Crippen LogP contribution in [0.4, 0.5) is 11.6 Å². The second-order valence-electron chi connectivity index (χ2n) is 6.23. The molecule has 0 aliphatic carbocycles. The highest BCUT2D eigenvalue weighted by Crippen LogP contribution is 2.36. The minimum absolute atomic E-state index is 0.0710. The number of halogens is 1. The van der Waals surface area contributed by atoms with Crippen LogP contribution in [0.5, 0.6) is 5.88 Å². The van der Waals surface area contributed by atoms with Gasteiger partial charge in [0, 0.05) is 19.9 Å². The molecule has 0 unspecified atom stereocenters. The van der Waals surface area contributed by atoms with Gasteiger partial charge in [-0.15, -0.1) is 26.7 Å². The maximum Gasteiger partial charge on any atom is 0.289 e. The van der Waals surface area contributed by atoms with E-state index >= 15 is 0 Å². The Balaban J connectivity index is 1.51. The van der Waals surface area contributed by atoms with Crippen molar-refractivity contribution in [2.24, 2.45) is 15.3 Å². The molecule has 0 bridgehead atoms. The molecule has 8 nitrogen and oxygen atoms in total. The zero-order valence-electron chi connectivity index (χ0n) is 15.1. The van der Waals surface area contributed by atoms with Crippen molar-refractivity contribution in [2.75, 3.05) is 0 Å². The zero-order valence-corrected chi connectivity index (χ0v) is 18.3. The molecule has 3 heterocycles. The minimum atomic E-state index is -0.0710. The number of benzene rings is 2. The summed E-state index contributed by atoms with van der Waals surface area (Å²) >= 11 is 10.5. The average molecular weight is 498 g/mol. The maximum absolute atomic E-state index is 10.1. The number of nitrogens with one attached hydrogen (secondary N) is 2. The van der Waals surface area contributed by atoms with E-state index < -0.39 is 0 Å². The van der Waals surface area contributed by atoms with Gasteiger partial charge < -0.3 is 10.1 Å². The number of nitrogens with zero attached hydrogens (tertiary/aromatic N) is 5. The van der Waals surface area contributed by atoms with Gasteiger partial charge in [-0.2, -0.15) is 9.78 Å². The van der Waals surface area contributed by atoms with Crippen LogP contribution < -0.4 is 0 Å². The summed E-state index contributed by atoms with van der Waals surface area (Å²) in [4.78, 5) is 3.80. The first-order valence-electron chi connectivity index (χ1n) is 8.72. The molecule has 0 amide bonds. The number of hydrogen-bond donors (Lipinski definition) is 3. The summed E-state index contributed by atoms with van der Waals surface area (Å²) < 4.78 is 3.77. The first-order chi connectivity index (χ1) is 14.6. The molecule has 11 heteroatoms. The number of azo groups is 1. The van der Waals surface area contributed by atoms with Crippen LogP contribution in [-0.2, 0) is 0 Å². The lowest BCUT2D eigenvalue weighted by atomic mass is 10.2. The second kappa shape index (κ2) is 7.59. The number of aromatic amines is 2. The number of rotatable bonds is 4. The molecule has 0 fully saturated rings. The fourth-order valence-corrected chi connectivity index (χ4v) is 4.95. The van der Waals surface area contributed by atoms with E-state index in [1.54, 1.807) is 17.6 Å². The summed E-state index contributed by atoms with van der Waals surface area (Å²) in [5.74, 6) is 0.0940. The molecular weight excluding hydrogens is 486 g/mol. The highest BCUT2D eigenvalue weighted by atomic mass is 79.9. The van der Waals surface area contributed by atoms with E-state index in [1.165, 1.54) is 4.68 Å². The third kappa shape index (κ3) is 3.26. The molecule has 0 saturated heterocycles. The standard InChI is InChI=1S/C19H12BrN7OS2/c20-15-11-6-2-4-8-13(11)30-14(15)9-21-27-18(25-26-19(27)29)24-23-16-10-5-1-3-7-12(10)22-17(16)28/h1-9,22,28H,(H,26,29)/b21-9+,24-23?. The lowest BCUT2D eigenvalue weighted by molar-refractivity contribution is 0.459. The van der Waals surface area contributed by atoms with Gasteiger partial charge >= 0.3 is 0 Å². The quantitative estimate of drug-likeness (QED) is 0.152. The lowest BCUT2D eigenvalue weighted by Gasteiger charge is -1.95. The van der Waals surface area contributed by atoms with E-state index in [2.05, 4.69) is 52.5 Å². The predicted octanol–water partition coefficient (Wildman–Crippen LogP) is 6.40. The minimum Gasteiger partial charge on any atom is -0.493 e. The van der Waals surface area contributed by atoms with Crippen molar-refractivity contribution in [2.45, 2.75) is 0 Å². The van der Waals surface area contributed by atoms with E-state index in [0.717, 1.165) is 30.3 Å². The summed E-state index contributed by atoms with van der Waals surface area (Å²) in [5, 5.41) is 31.5. The van der Waals surface area contributed by atoms with Crippen molar-refractivity contribution >= 4 is 78.3 Å². The molecule has 5 rings (SSSR count). The highest BCUT2D eigenvalue weighted by Gasteiger charge is 2.11. The first kappa shape index (κ1) is 18.9. The van der Waals surface area contributed by atoms with E-state index in [1.807, 2.05) is 42.5 Å². The van der Waals surface area contributed by atoms with Gasteiger partial charge in [-0.05, 0) is 40.3 Å². The fraction of sp³-hybridized carbons (Fsp3) is 0. The molecule has 5 aromatic rings. The molecule has 30 heavy (non-hydrogen) atoms. The Morgan fingerprint density at radius 3 is 2.70 bits per heavy atom. The first-order valence-corrected chi connectivity index (χ1v) is 10.7. The molecule has 0 spiro atoms. The normalized spacial score (nSPS) is 12.2. The Bertz CT molecular complexity index is 1510. The van der Waals surface area contributed by atoms with Crippen molar-refractivity contribution in [1.29, 1.82) is 0 Å². The summed E-state index contributed by atoms with van der Waals surface area (Å²) in [6, 6.07) is 15.5. The lowest BCUT2D eigenvalue weighted by Crippen LogP contribution is -1.89. The number of aromatic nitrogens is 4. The fourth-order valence-electron chi connectivity index (χ4n) is 2.99. The van der Waals surface area contributed by atoms with Crippen LogP contribution in [0, 0.1) is 4.77 Å². The van der Waals surface area contributed by atoms with Gasteiger partial charge in [0.1, 0.15) is 0 Å². The summed E-state index contributed by atoms with van der Waals surface area (Å²) in [6.45, 7) is 0. The molecule has 148 valence electrons. The third-order valence-corrected chi connectivity index (χ3v) is 6.87. The van der Waals surface area contributed by atoms with E-state index in [9.17, 15) is 5.11 Å². The van der Waals surface area contributed by atoms with Crippen LogP contribution in [0.2, 0.25) is 0 Å². The van der Waals surface area contributed by atoms with E-state index in [0.29, 0.717) is 5.69 Å². The maximum atomic E-state index is 10.1. The molecule has 3 aromatic heterocycles. The second-order valence-corrected chi connectivity index (χ2v) is 8.49. The van der Waals surface area contributed by atoms with Gasteiger partial charge in [0.05, 0.1) is 16.6 Å². The molecule has 2 aromatic carbocycles. The topological polar surface area (TPSA) is 107 Å². The average Bonchev–Trinajstić information content (AvgIpc) is 3.38. The molecule has 3 N–H and O–H groups in total.